The van der Waals surface area contributed by atoms with E-state index in [1.54, 1.807) is 6.07 Å². The second-order valence-corrected chi connectivity index (χ2v) is 4.34. The smallest absolute Gasteiger partial charge is 0.132 e. The van der Waals surface area contributed by atoms with Crippen LogP contribution in [0.3, 0.4) is 0 Å². The van der Waals surface area contributed by atoms with Gasteiger partial charge in [0.05, 0.1) is 17.7 Å². The predicted molar refractivity (Wildman–Crippen MR) is 73.5 cm³/mol. The highest BCUT2D eigenvalue weighted by Crippen LogP contribution is 2.33. The Bertz CT molecular complexity index is 650. The Morgan fingerprint density at radius 2 is 2.00 bits per heavy atom. The van der Waals surface area contributed by atoms with E-state index in [0.717, 1.165) is 0 Å². The molecule has 0 aliphatic carbocycles. The Kier molecular flexibility index (Phi) is 4.10. The molecule has 0 heterocycles. The summed E-state index contributed by atoms with van der Waals surface area (Å²) in [4.78, 5) is 0. The van der Waals surface area contributed by atoms with Crippen LogP contribution in [0.15, 0.2) is 41.6 Å². The molecular weight excluding hydrogens is 285 g/mol. The van der Waals surface area contributed by atoms with Gasteiger partial charge in [-0.1, -0.05) is 28.9 Å². The maximum absolute atomic E-state index is 13.8. The lowest BCUT2D eigenvalue weighted by Gasteiger charge is -2.11. The van der Waals surface area contributed by atoms with Crippen molar-refractivity contribution in [3.8, 4) is 11.5 Å². The summed E-state index contributed by atoms with van der Waals surface area (Å²) in [6.07, 6.45) is 0. The highest BCUT2D eigenvalue weighted by Gasteiger charge is 2.20. The molecule has 20 heavy (non-hydrogen) atoms. The van der Waals surface area contributed by atoms with Crippen molar-refractivity contribution in [2.24, 2.45) is 5.16 Å². The average molecular weight is 296 g/mol. The molecule has 2 aromatic rings. The van der Waals surface area contributed by atoms with E-state index in [0.29, 0.717) is 5.75 Å². The first-order valence-corrected chi connectivity index (χ1v) is 6.00. The van der Waals surface area contributed by atoms with Gasteiger partial charge in [-0.15, -0.1) is 0 Å². The highest BCUT2D eigenvalue weighted by atomic mass is 35.5. The van der Waals surface area contributed by atoms with Crippen molar-refractivity contribution >= 4 is 17.3 Å². The third-order valence-electron chi connectivity index (χ3n) is 2.74. The summed E-state index contributed by atoms with van der Waals surface area (Å²) >= 11 is 6.03. The predicted octanol–water partition coefficient (Wildman–Crippen LogP) is 3.42. The second kappa shape index (κ2) is 5.79. The second-order valence-electron chi connectivity index (χ2n) is 3.93. The van der Waals surface area contributed by atoms with Gasteiger partial charge in [0.1, 0.15) is 23.0 Å². The maximum Gasteiger partial charge on any atom is 0.132 e. The fourth-order valence-corrected chi connectivity index (χ4v) is 2.11. The summed E-state index contributed by atoms with van der Waals surface area (Å²) in [5, 5.41) is 22.3. The quantitative estimate of drug-likeness (QED) is 0.518. The summed E-state index contributed by atoms with van der Waals surface area (Å²) in [7, 11) is 1.42. The Morgan fingerprint density at radius 1 is 1.30 bits per heavy atom. The summed E-state index contributed by atoms with van der Waals surface area (Å²) in [6, 6.07) is 8.45. The van der Waals surface area contributed by atoms with Crippen molar-refractivity contribution in [3.05, 3.63) is 58.4 Å². The maximum atomic E-state index is 13.8. The normalized spacial score (nSPS) is 11.4. The van der Waals surface area contributed by atoms with Crippen molar-refractivity contribution in [1.82, 2.24) is 0 Å². The molecule has 6 heteroatoms. The Labute approximate surface area is 119 Å². The number of methoxy groups -OCH3 is 1. The number of rotatable bonds is 3. The van der Waals surface area contributed by atoms with Gasteiger partial charge in [0, 0.05) is 11.6 Å². The van der Waals surface area contributed by atoms with E-state index >= 15 is 0 Å². The first kappa shape index (κ1) is 14.1. The number of ether oxygens (including phenoxy) is 1. The average Bonchev–Trinajstić information content (AvgIpc) is 2.43. The van der Waals surface area contributed by atoms with Crippen molar-refractivity contribution in [3.63, 3.8) is 0 Å². The van der Waals surface area contributed by atoms with E-state index in [1.807, 2.05) is 0 Å². The summed E-state index contributed by atoms with van der Waals surface area (Å²) in [5.41, 5.74) is -0.106. The monoisotopic (exact) mass is 295 g/mol. The van der Waals surface area contributed by atoms with Gasteiger partial charge < -0.3 is 15.1 Å². The summed E-state index contributed by atoms with van der Waals surface area (Å²) < 4.78 is 18.7. The van der Waals surface area contributed by atoms with Crippen molar-refractivity contribution < 1.29 is 19.4 Å². The molecule has 0 bridgehead atoms. The lowest BCUT2D eigenvalue weighted by Crippen LogP contribution is -2.07. The van der Waals surface area contributed by atoms with Crippen LogP contribution in [0, 0.1) is 5.82 Å². The number of benzene rings is 2. The Balaban J connectivity index is 2.63. The molecule has 0 radical (unpaired) electrons. The van der Waals surface area contributed by atoms with E-state index in [-0.39, 0.29) is 27.6 Å². The molecule has 2 rings (SSSR count). The molecule has 0 saturated carbocycles. The van der Waals surface area contributed by atoms with Crippen molar-refractivity contribution in [1.29, 1.82) is 0 Å². The SMILES string of the molecule is COc1cc(O)c(C(=NO)c2ccccc2F)c(Cl)c1. The van der Waals surface area contributed by atoms with Crippen molar-refractivity contribution in [2.75, 3.05) is 7.11 Å². The molecule has 4 nitrogen and oxygen atoms in total. The lowest BCUT2D eigenvalue weighted by atomic mass is 10.0. The number of hydrogen-bond donors (Lipinski definition) is 2. The van der Waals surface area contributed by atoms with Crippen LogP contribution in [0.1, 0.15) is 11.1 Å². The van der Waals surface area contributed by atoms with Gasteiger partial charge in [-0.05, 0) is 18.2 Å². The van der Waals surface area contributed by atoms with Gasteiger partial charge in [0.25, 0.3) is 0 Å². The van der Waals surface area contributed by atoms with Gasteiger partial charge in [0.15, 0.2) is 0 Å². The van der Waals surface area contributed by atoms with Crippen LogP contribution in [0.5, 0.6) is 11.5 Å². The van der Waals surface area contributed by atoms with Gasteiger partial charge in [-0.3, -0.25) is 0 Å². The fraction of sp³-hybridized carbons (Fsp3) is 0.0714. The standard InChI is InChI=1S/C14H11ClFNO3/c1-20-8-6-10(15)13(12(18)7-8)14(17-19)9-4-2-3-5-11(9)16/h2-7,18-19H,1H3. The van der Waals surface area contributed by atoms with Gasteiger partial charge in [-0.25, -0.2) is 4.39 Å². The van der Waals surface area contributed by atoms with Gasteiger partial charge >= 0.3 is 0 Å². The molecule has 0 amide bonds. The molecule has 2 N–H and O–H groups in total. The van der Waals surface area contributed by atoms with Crippen LogP contribution < -0.4 is 4.74 Å². The molecule has 0 spiro atoms. The lowest BCUT2D eigenvalue weighted by molar-refractivity contribution is 0.319. The van der Waals surface area contributed by atoms with Crippen molar-refractivity contribution in [2.45, 2.75) is 0 Å². The Hall–Kier alpha value is -2.27. The van der Waals surface area contributed by atoms with E-state index < -0.39 is 5.82 Å². The zero-order chi connectivity index (χ0) is 14.7. The minimum atomic E-state index is -0.591. The number of phenols is 1. The zero-order valence-electron chi connectivity index (χ0n) is 10.5. The molecule has 104 valence electrons. The molecule has 0 aliphatic heterocycles. The third-order valence-corrected chi connectivity index (χ3v) is 3.04. The largest absolute Gasteiger partial charge is 0.507 e. The Morgan fingerprint density at radius 3 is 2.55 bits per heavy atom. The van der Waals surface area contributed by atoms with E-state index in [9.17, 15) is 9.50 Å². The first-order valence-electron chi connectivity index (χ1n) is 5.62. The molecule has 0 fully saturated rings. The molecule has 0 saturated heterocycles. The number of halogens is 2. The first-order chi connectivity index (χ1) is 9.58. The molecule has 0 aliphatic rings. The van der Waals surface area contributed by atoms with E-state index in [4.69, 9.17) is 21.5 Å². The molecule has 0 atom stereocenters. The van der Waals surface area contributed by atoms with Gasteiger partial charge in [-0.2, -0.15) is 0 Å². The number of hydrogen-bond acceptors (Lipinski definition) is 4. The van der Waals surface area contributed by atoms with Crippen LogP contribution >= 0.6 is 11.6 Å². The van der Waals surface area contributed by atoms with Crippen LogP contribution in [0.25, 0.3) is 0 Å². The van der Waals surface area contributed by atoms with Gasteiger partial charge in [0.2, 0.25) is 0 Å². The molecule has 0 unspecified atom stereocenters. The van der Waals surface area contributed by atoms with Crippen LogP contribution in [-0.4, -0.2) is 23.1 Å². The molecule has 2 aromatic carbocycles. The summed E-state index contributed by atoms with van der Waals surface area (Å²) in [5.74, 6) is -0.529. The highest BCUT2D eigenvalue weighted by molar-refractivity contribution is 6.36. The number of phenolic OH excluding ortho intramolecular Hbond substituents is 1. The van der Waals surface area contributed by atoms with E-state index in [1.165, 1.54) is 37.4 Å². The number of aromatic hydroxyl groups is 1. The third kappa shape index (κ3) is 2.53. The summed E-state index contributed by atoms with van der Waals surface area (Å²) in [6.45, 7) is 0. The topological polar surface area (TPSA) is 62.0 Å². The number of oxime groups is 1. The fourth-order valence-electron chi connectivity index (χ4n) is 1.81. The molecule has 0 aromatic heterocycles. The van der Waals surface area contributed by atoms with Crippen LogP contribution in [0.2, 0.25) is 5.02 Å². The van der Waals surface area contributed by atoms with Crippen LogP contribution in [-0.2, 0) is 0 Å². The molecular formula is C14H11ClFNO3. The van der Waals surface area contributed by atoms with E-state index in [2.05, 4.69) is 5.16 Å². The zero-order valence-corrected chi connectivity index (χ0v) is 11.2. The number of nitrogens with zero attached hydrogens (tertiary/aromatic N) is 1. The minimum absolute atomic E-state index is 0.0253. The minimum Gasteiger partial charge on any atom is -0.507 e. The van der Waals surface area contributed by atoms with Crippen LogP contribution in [0.4, 0.5) is 4.39 Å².